The van der Waals surface area contributed by atoms with E-state index in [2.05, 4.69) is 55.5 Å². The van der Waals surface area contributed by atoms with Crippen molar-refractivity contribution in [2.45, 2.75) is 45.6 Å². The molecule has 1 unspecified atom stereocenters. The predicted octanol–water partition coefficient (Wildman–Crippen LogP) is 6.55. The first-order chi connectivity index (χ1) is 16.6. The molecule has 3 aromatic rings. The van der Waals surface area contributed by atoms with Gasteiger partial charge in [-0.1, -0.05) is 67.9 Å². The van der Waals surface area contributed by atoms with Crippen LogP contribution in [-0.2, 0) is 22.4 Å². The van der Waals surface area contributed by atoms with Crippen molar-refractivity contribution in [1.82, 2.24) is 0 Å². The lowest BCUT2D eigenvalue weighted by Gasteiger charge is -2.12. The summed E-state index contributed by atoms with van der Waals surface area (Å²) in [6.07, 6.45) is 5.18. The lowest BCUT2D eigenvalue weighted by Crippen LogP contribution is -2.26. The Hall–Kier alpha value is -3.37. The van der Waals surface area contributed by atoms with Crippen LogP contribution in [0.1, 0.15) is 48.9 Å². The summed E-state index contributed by atoms with van der Waals surface area (Å²) in [5.41, 5.74) is 8.61. The minimum absolute atomic E-state index is 0.335. The van der Waals surface area contributed by atoms with E-state index in [0.29, 0.717) is 19.6 Å². The number of carboxylic acid groups (broad SMARTS) is 1. The Labute approximate surface area is 201 Å². The largest absolute Gasteiger partial charge is 0.490 e. The Bertz CT molecular complexity index is 1160. The molecule has 1 N–H and O–H groups in total. The van der Waals surface area contributed by atoms with Gasteiger partial charge in [-0.15, -0.1) is 0 Å². The molecule has 1 atom stereocenters. The fraction of sp³-hybridized carbons (Fsp3) is 0.300. The van der Waals surface area contributed by atoms with Gasteiger partial charge >= 0.3 is 5.97 Å². The van der Waals surface area contributed by atoms with Gasteiger partial charge in [0.25, 0.3) is 0 Å². The summed E-state index contributed by atoms with van der Waals surface area (Å²) in [4.78, 5) is 11.3. The molecule has 34 heavy (non-hydrogen) atoms. The summed E-state index contributed by atoms with van der Waals surface area (Å²) in [5.74, 6) is -0.186. The maximum Gasteiger partial charge on any atom is 0.333 e. The van der Waals surface area contributed by atoms with Crippen LogP contribution in [0.4, 0.5) is 0 Å². The molecule has 3 aromatic carbocycles. The number of aliphatic carboxylic acids is 1. The van der Waals surface area contributed by atoms with Gasteiger partial charge < -0.3 is 14.6 Å². The maximum atomic E-state index is 11.3. The molecule has 0 aromatic heterocycles. The first-order valence-electron chi connectivity index (χ1n) is 12.1. The van der Waals surface area contributed by atoms with Gasteiger partial charge in [0.1, 0.15) is 12.4 Å². The average Bonchev–Trinajstić information content (AvgIpc) is 3.16. The van der Waals surface area contributed by atoms with Crippen molar-refractivity contribution in [2.75, 3.05) is 13.2 Å². The van der Waals surface area contributed by atoms with Crippen LogP contribution in [0, 0.1) is 0 Å². The zero-order chi connectivity index (χ0) is 23.9. The van der Waals surface area contributed by atoms with Crippen molar-refractivity contribution < 1.29 is 19.4 Å². The molecule has 0 aliphatic heterocycles. The van der Waals surface area contributed by atoms with Gasteiger partial charge in [-0.3, -0.25) is 0 Å². The fourth-order valence-corrected chi connectivity index (χ4v) is 4.48. The second kappa shape index (κ2) is 11.2. The van der Waals surface area contributed by atoms with E-state index in [1.165, 1.54) is 46.2 Å². The molecule has 0 saturated carbocycles. The minimum atomic E-state index is -0.941. The monoisotopic (exact) mass is 456 g/mol. The molecule has 4 heteroatoms. The molecular weight excluding hydrogens is 424 g/mol. The normalized spacial score (nSPS) is 14.0. The number of benzene rings is 3. The highest BCUT2D eigenvalue weighted by Gasteiger charge is 2.23. The average molecular weight is 457 g/mol. The number of rotatable bonds is 11. The summed E-state index contributed by atoms with van der Waals surface area (Å²) in [5, 5.41) is 9.28. The first kappa shape index (κ1) is 23.8. The number of aryl methyl sites for hydroxylation is 1. The molecule has 1 aliphatic rings. The van der Waals surface area contributed by atoms with Crippen LogP contribution in [0.3, 0.4) is 0 Å². The lowest BCUT2D eigenvalue weighted by atomic mass is 9.99. The second-order valence-electron chi connectivity index (χ2n) is 8.59. The van der Waals surface area contributed by atoms with Crippen molar-refractivity contribution in [3.05, 3.63) is 95.1 Å². The molecule has 0 radical (unpaired) electrons. The Morgan fingerprint density at radius 2 is 1.62 bits per heavy atom. The third-order valence-corrected chi connectivity index (χ3v) is 6.23. The van der Waals surface area contributed by atoms with E-state index in [0.717, 1.165) is 17.7 Å². The van der Waals surface area contributed by atoms with E-state index in [-0.39, 0.29) is 0 Å². The van der Waals surface area contributed by atoms with Crippen molar-refractivity contribution in [1.29, 1.82) is 0 Å². The number of carboxylic acids is 1. The van der Waals surface area contributed by atoms with Crippen LogP contribution in [-0.4, -0.2) is 30.4 Å². The summed E-state index contributed by atoms with van der Waals surface area (Å²) in [6, 6.07) is 23.0. The second-order valence-corrected chi connectivity index (χ2v) is 8.59. The Balaban J connectivity index is 1.47. The molecule has 0 spiro atoms. The topological polar surface area (TPSA) is 55.8 Å². The van der Waals surface area contributed by atoms with Crippen LogP contribution in [0.2, 0.25) is 0 Å². The zero-order valence-corrected chi connectivity index (χ0v) is 19.9. The molecule has 1 aliphatic carbocycles. The molecule has 4 nitrogen and oxygen atoms in total. The summed E-state index contributed by atoms with van der Waals surface area (Å²) in [6.45, 7) is 4.86. The number of unbranched alkanes of at least 4 members (excludes halogenated alkanes) is 1. The number of ether oxygens (including phenoxy) is 2. The van der Waals surface area contributed by atoms with Crippen molar-refractivity contribution in [3.63, 3.8) is 0 Å². The fourth-order valence-electron chi connectivity index (χ4n) is 4.48. The van der Waals surface area contributed by atoms with Crippen molar-refractivity contribution in [2.24, 2.45) is 0 Å². The minimum Gasteiger partial charge on any atom is -0.490 e. The van der Waals surface area contributed by atoms with E-state index in [4.69, 9.17) is 9.47 Å². The standard InChI is InChI=1S/C30H32O4/c1-3-5-8-21-13-16-26-27(24-9-6-7-10-25(24)28(26)19-21)17-18-34-23-14-11-22(12-15-23)20-29(30(31)32)33-4-2/h6-7,9-17,19,29H,3-5,8,18,20H2,1-2H3,(H,31,32)/b27-17-. The van der Waals surface area contributed by atoms with Crippen LogP contribution in [0.15, 0.2) is 72.8 Å². The van der Waals surface area contributed by atoms with Gasteiger partial charge in [-0.05, 0) is 76.9 Å². The molecular formula is C30H32O4. The van der Waals surface area contributed by atoms with E-state index in [1.54, 1.807) is 6.92 Å². The van der Waals surface area contributed by atoms with Gasteiger partial charge in [0.2, 0.25) is 0 Å². The molecule has 0 saturated heterocycles. The van der Waals surface area contributed by atoms with Crippen LogP contribution in [0.5, 0.6) is 5.75 Å². The van der Waals surface area contributed by atoms with E-state index in [1.807, 2.05) is 24.3 Å². The Morgan fingerprint density at radius 1 is 0.912 bits per heavy atom. The third-order valence-electron chi connectivity index (χ3n) is 6.23. The molecule has 4 rings (SSSR count). The number of fused-ring (bicyclic) bond motifs is 3. The van der Waals surface area contributed by atoms with Crippen LogP contribution < -0.4 is 4.74 Å². The predicted molar refractivity (Wildman–Crippen MR) is 136 cm³/mol. The van der Waals surface area contributed by atoms with Gasteiger partial charge in [0.05, 0.1) is 0 Å². The molecule has 0 heterocycles. The van der Waals surface area contributed by atoms with Crippen molar-refractivity contribution >= 4 is 11.5 Å². The van der Waals surface area contributed by atoms with Crippen LogP contribution in [0.25, 0.3) is 16.7 Å². The van der Waals surface area contributed by atoms with E-state index in [9.17, 15) is 9.90 Å². The van der Waals surface area contributed by atoms with Crippen molar-refractivity contribution in [3.8, 4) is 16.9 Å². The quantitative estimate of drug-likeness (QED) is 0.278. The van der Waals surface area contributed by atoms with E-state index >= 15 is 0 Å². The summed E-state index contributed by atoms with van der Waals surface area (Å²) < 4.78 is 11.3. The zero-order valence-electron chi connectivity index (χ0n) is 19.9. The summed E-state index contributed by atoms with van der Waals surface area (Å²) in [7, 11) is 0. The highest BCUT2D eigenvalue weighted by molar-refractivity contribution is 6.01. The van der Waals surface area contributed by atoms with E-state index < -0.39 is 12.1 Å². The maximum absolute atomic E-state index is 11.3. The highest BCUT2D eigenvalue weighted by Crippen LogP contribution is 2.44. The molecule has 0 fully saturated rings. The SMILES string of the molecule is CCCCc1ccc2c(c1)-c1ccccc1/C2=C/COc1ccc(CC(OCC)C(=O)O)cc1. The first-order valence-corrected chi connectivity index (χ1v) is 12.1. The third kappa shape index (κ3) is 5.40. The van der Waals surface area contributed by atoms with Gasteiger partial charge in [-0.25, -0.2) is 4.79 Å². The van der Waals surface area contributed by atoms with Gasteiger partial charge in [-0.2, -0.15) is 0 Å². The summed E-state index contributed by atoms with van der Waals surface area (Å²) >= 11 is 0. The lowest BCUT2D eigenvalue weighted by molar-refractivity contribution is -0.149. The molecule has 0 bridgehead atoms. The Kier molecular flexibility index (Phi) is 7.81. The highest BCUT2D eigenvalue weighted by atomic mass is 16.5. The van der Waals surface area contributed by atoms with Crippen LogP contribution >= 0.6 is 0 Å². The number of hydrogen-bond acceptors (Lipinski definition) is 3. The van der Waals surface area contributed by atoms with Gasteiger partial charge in [0, 0.05) is 13.0 Å². The molecule has 0 amide bonds. The van der Waals surface area contributed by atoms with Gasteiger partial charge in [0.15, 0.2) is 6.10 Å². The number of hydrogen-bond donors (Lipinski definition) is 1. The number of carbonyl (C=O) groups is 1. The Morgan fingerprint density at radius 3 is 2.32 bits per heavy atom. The molecule has 176 valence electrons. The smallest absolute Gasteiger partial charge is 0.333 e.